The Morgan fingerprint density at radius 1 is 1.32 bits per heavy atom. The van der Waals surface area contributed by atoms with Crippen LogP contribution in [0.25, 0.3) is 0 Å². The van der Waals surface area contributed by atoms with Gasteiger partial charge in [0.05, 0.1) is 18.1 Å². The van der Waals surface area contributed by atoms with E-state index in [0.29, 0.717) is 43.9 Å². The van der Waals surface area contributed by atoms with Crippen molar-refractivity contribution >= 4 is 5.91 Å². The highest BCUT2D eigenvalue weighted by molar-refractivity contribution is 5.85. The van der Waals surface area contributed by atoms with Crippen LogP contribution in [0.2, 0.25) is 0 Å². The van der Waals surface area contributed by atoms with Crippen molar-refractivity contribution in [3.63, 3.8) is 0 Å². The zero-order valence-electron chi connectivity index (χ0n) is 14.9. The molecule has 7 nitrogen and oxygen atoms in total. The van der Waals surface area contributed by atoms with Crippen LogP contribution in [-0.4, -0.2) is 69.8 Å². The first kappa shape index (κ1) is 18.1. The van der Waals surface area contributed by atoms with Crippen molar-refractivity contribution in [1.29, 1.82) is 0 Å². The number of H-pyrrole nitrogens is 1. The van der Waals surface area contributed by atoms with Crippen molar-refractivity contribution in [3.05, 3.63) is 33.2 Å². The van der Waals surface area contributed by atoms with E-state index in [4.69, 9.17) is 0 Å². The van der Waals surface area contributed by atoms with Crippen LogP contribution in [0, 0.1) is 19.3 Å². The number of hydrogen-bond donors (Lipinski definition) is 3. The Hall–Kier alpha value is -1.70. The number of amides is 1. The summed E-state index contributed by atoms with van der Waals surface area (Å²) in [5.41, 5.74) is 1.67. The summed E-state index contributed by atoms with van der Waals surface area (Å²) >= 11 is 0. The van der Waals surface area contributed by atoms with E-state index in [2.05, 4.69) is 9.88 Å². The molecule has 0 radical (unpaired) electrons. The van der Waals surface area contributed by atoms with E-state index in [0.717, 1.165) is 18.5 Å². The van der Waals surface area contributed by atoms with Gasteiger partial charge in [-0.3, -0.25) is 14.5 Å². The van der Waals surface area contributed by atoms with Crippen LogP contribution in [0.3, 0.4) is 0 Å². The number of aryl methyl sites for hydroxylation is 1. The van der Waals surface area contributed by atoms with E-state index in [9.17, 15) is 19.8 Å². The quantitative estimate of drug-likeness (QED) is 0.698. The standard InChI is InChI=1S/C18H27N3O4/c1-12-7-19-15(13(2)16(12)24)10-20-5-6-21(9-14(23)8-20)17(25)18(11-22)3-4-18/h7,14,22-23H,3-6,8-11H2,1-2H3,(H,19,24)/t14-/m1/s1. The molecule has 3 rings (SSSR count). The molecule has 1 aromatic heterocycles. The zero-order valence-corrected chi connectivity index (χ0v) is 14.9. The Bertz CT molecular complexity index is 711. The number of nitrogens with zero attached hydrogens (tertiary/aromatic N) is 2. The summed E-state index contributed by atoms with van der Waals surface area (Å²) in [4.78, 5) is 31.6. The third-order valence-corrected chi connectivity index (χ3v) is 5.48. The molecule has 7 heteroatoms. The van der Waals surface area contributed by atoms with Crippen molar-refractivity contribution in [1.82, 2.24) is 14.8 Å². The predicted molar refractivity (Wildman–Crippen MR) is 93.2 cm³/mol. The smallest absolute Gasteiger partial charge is 0.231 e. The van der Waals surface area contributed by atoms with Crippen molar-refractivity contribution < 1.29 is 15.0 Å². The molecule has 1 saturated carbocycles. The van der Waals surface area contributed by atoms with Gasteiger partial charge in [0.25, 0.3) is 0 Å². The molecule has 2 fully saturated rings. The lowest BCUT2D eigenvalue weighted by atomic mass is 10.1. The van der Waals surface area contributed by atoms with Gasteiger partial charge in [0.15, 0.2) is 5.43 Å². The maximum atomic E-state index is 12.6. The SMILES string of the molecule is Cc1c[nH]c(CN2CCN(C(=O)C3(CO)CC3)C[C@H](O)C2)c(C)c1=O. The molecule has 1 atom stereocenters. The van der Waals surface area contributed by atoms with Crippen LogP contribution in [0.15, 0.2) is 11.0 Å². The Morgan fingerprint density at radius 3 is 2.68 bits per heavy atom. The number of rotatable bonds is 4. The van der Waals surface area contributed by atoms with Gasteiger partial charge >= 0.3 is 0 Å². The number of aromatic nitrogens is 1. The van der Waals surface area contributed by atoms with Crippen LogP contribution in [0.5, 0.6) is 0 Å². The van der Waals surface area contributed by atoms with Crippen molar-refractivity contribution in [2.45, 2.75) is 39.3 Å². The number of hydrogen-bond acceptors (Lipinski definition) is 5. The summed E-state index contributed by atoms with van der Waals surface area (Å²) in [5.74, 6) is -0.0455. The number of nitrogens with one attached hydrogen (secondary N) is 1. The fourth-order valence-electron chi connectivity index (χ4n) is 3.50. The molecule has 0 bridgehead atoms. The van der Waals surface area contributed by atoms with E-state index < -0.39 is 11.5 Å². The molecule has 1 amide bonds. The highest BCUT2D eigenvalue weighted by atomic mass is 16.3. The molecule has 0 aromatic carbocycles. The lowest BCUT2D eigenvalue weighted by Gasteiger charge is -2.26. The van der Waals surface area contributed by atoms with Crippen LogP contribution < -0.4 is 5.43 Å². The summed E-state index contributed by atoms with van der Waals surface area (Å²) in [5, 5.41) is 19.8. The largest absolute Gasteiger partial charge is 0.395 e. The van der Waals surface area contributed by atoms with Crippen molar-refractivity contribution in [2.24, 2.45) is 5.41 Å². The van der Waals surface area contributed by atoms with Gasteiger partial charge in [0.2, 0.25) is 5.91 Å². The molecule has 1 aliphatic carbocycles. The number of carbonyl (C=O) groups excluding carboxylic acids is 1. The minimum absolute atomic E-state index is 0.0412. The van der Waals surface area contributed by atoms with Gasteiger partial charge in [-0.25, -0.2) is 0 Å². The van der Waals surface area contributed by atoms with Crippen LogP contribution in [0.1, 0.15) is 29.7 Å². The average molecular weight is 349 g/mol. The monoisotopic (exact) mass is 349 g/mol. The van der Waals surface area contributed by atoms with Crippen LogP contribution in [0.4, 0.5) is 0 Å². The lowest BCUT2D eigenvalue weighted by Crippen LogP contribution is -2.43. The number of β-amino-alcohol motifs (C(OH)–C–C–N with tert-alkyl or cyclic N) is 1. The molecule has 1 saturated heterocycles. The van der Waals surface area contributed by atoms with Gasteiger partial charge in [-0.1, -0.05) is 0 Å². The molecule has 0 spiro atoms. The summed E-state index contributed by atoms with van der Waals surface area (Å²) in [6, 6.07) is 0. The summed E-state index contributed by atoms with van der Waals surface area (Å²) in [7, 11) is 0. The highest BCUT2D eigenvalue weighted by Crippen LogP contribution is 2.46. The van der Waals surface area contributed by atoms with E-state index in [1.165, 1.54) is 0 Å². The predicted octanol–water partition coefficient (Wildman–Crippen LogP) is -0.231. The lowest BCUT2D eigenvalue weighted by molar-refractivity contribution is -0.139. The minimum atomic E-state index is -0.640. The molecule has 138 valence electrons. The normalized spacial score (nSPS) is 23.4. The van der Waals surface area contributed by atoms with Gasteiger partial charge in [-0.2, -0.15) is 0 Å². The highest BCUT2D eigenvalue weighted by Gasteiger charge is 2.51. The Labute approximate surface area is 147 Å². The van der Waals surface area contributed by atoms with Crippen molar-refractivity contribution in [2.75, 3.05) is 32.8 Å². The Morgan fingerprint density at radius 2 is 2.04 bits per heavy atom. The molecular weight excluding hydrogens is 322 g/mol. The van der Waals surface area contributed by atoms with Gasteiger partial charge in [0.1, 0.15) is 0 Å². The average Bonchev–Trinajstić information content (AvgIpc) is 3.40. The minimum Gasteiger partial charge on any atom is -0.395 e. The fourth-order valence-corrected chi connectivity index (χ4v) is 3.50. The van der Waals surface area contributed by atoms with E-state index in [-0.39, 0.29) is 17.9 Å². The van der Waals surface area contributed by atoms with E-state index in [1.807, 2.05) is 6.92 Å². The number of aliphatic hydroxyl groups is 2. The number of aromatic amines is 1. The summed E-state index contributed by atoms with van der Waals surface area (Å²) < 4.78 is 0. The zero-order chi connectivity index (χ0) is 18.2. The number of aliphatic hydroxyl groups excluding tert-OH is 2. The number of pyridine rings is 1. The van der Waals surface area contributed by atoms with Gasteiger partial charge in [-0.15, -0.1) is 0 Å². The third-order valence-electron chi connectivity index (χ3n) is 5.48. The van der Waals surface area contributed by atoms with Gasteiger partial charge in [0, 0.05) is 55.7 Å². The first-order valence-corrected chi connectivity index (χ1v) is 8.85. The second kappa shape index (κ2) is 6.90. The molecule has 25 heavy (non-hydrogen) atoms. The first-order valence-electron chi connectivity index (χ1n) is 8.85. The maximum Gasteiger partial charge on any atom is 0.231 e. The molecule has 2 aliphatic rings. The molecular formula is C18H27N3O4. The van der Waals surface area contributed by atoms with Gasteiger partial charge in [-0.05, 0) is 26.7 Å². The molecule has 3 N–H and O–H groups in total. The number of carbonyl (C=O) groups is 1. The van der Waals surface area contributed by atoms with Crippen LogP contribution in [-0.2, 0) is 11.3 Å². The van der Waals surface area contributed by atoms with E-state index in [1.54, 1.807) is 18.0 Å². The fraction of sp³-hybridized carbons (Fsp3) is 0.667. The molecule has 1 aromatic rings. The molecule has 1 aliphatic heterocycles. The first-order chi connectivity index (χ1) is 11.9. The second-order valence-corrected chi connectivity index (χ2v) is 7.48. The van der Waals surface area contributed by atoms with Gasteiger partial charge < -0.3 is 20.1 Å². The Kier molecular flexibility index (Phi) is 4.99. The topological polar surface area (TPSA) is 96.9 Å². The third kappa shape index (κ3) is 3.63. The summed E-state index contributed by atoms with van der Waals surface area (Å²) in [6.07, 6.45) is 2.52. The second-order valence-electron chi connectivity index (χ2n) is 7.48. The van der Waals surface area contributed by atoms with E-state index >= 15 is 0 Å². The Balaban J connectivity index is 1.69. The van der Waals surface area contributed by atoms with Crippen molar-refractivity contribution in [3.8, 4) is 0 Å². The maximum absolute atomic E-state index is 12.6. The van der Waals surface area contributed by atoms with Crippen LogP contribution >= 0.6 is 0 Å². The molecule has 2 heterocycles. The summed E-state index contributed by atoms with van der Waals surface area (Å²) in [6.45, 7) is 5.89. The molecule has 0 unspecified atom stereocenters.